The van der Waals surface area contributed by atoms with Crippen molar-refractivity contribution in [2.24, 2.45) is 5.73 Å². The lowest BCUT2D eigenvalue weighted by molar-refractivity contribution is 0.296. The Kier molecular flexibility index (Phi) is 5.81. The van der Waals surface area contributed by atoms with Crippen molar-refractivity contribution in [3.63, 3.8) is 0 Å². The molecule has 0 spiro atoms. The number of rotatable bonds is 8. The van der Waals surface area contributed by atoms with Crippen LogP contribution in [0, 0.1) is 6.92 Å². The van der Waals surface area contributed by atoms with E-state index in [2.05, 4.69) is 41.6 Å². The van der Waals surface area contributed by atoms with Crippen molar-refractivity contribution >= 4 is 0 Å². The summed E-state index contributed by atoms with van der Waals surface area (Å²) in [7, 11) is 0. The van der Waals surface area contributed by atoms with Crippen LogP contribution in [-0.4, -0.2) is 22.2 Å². The molecule has 1 atom stereocenters. The van der Waals surface area contributed by atoms with E-state index in [0.717, 1.165) is 31.6 Å². The number of benzene rings is 1. The second-order valence-corrected chi connectivity index (χ2v) is 5.44. The molecule has 0 saturated carbocycles. The van der Waals surface area contributed by atoms with Gasteiger partial charge in [-0.1, -0.05) is 25.1 Å². The molecule has 4 heteroatoms. The van der Waals surface area contributed by atoms with Crippen LogP contribution in [0.1, 0.15) is 30.9 Å². The second kappa shape index (κ2) is 7.84. The first kappa shape index (κ1) is 15.6. The number of para-hydroxylation sites is 1. The Labute approximate surface area is 127 Å². The Balaban J connectivity index is 1.91. The van der Waals surface area contributed by atoms with E-state index in [1.165, 1.54) is 11.1 Å². The lowest BCUT2D eigenvalue weighted by atomic mass is 10.0. The Morgan fingerprint density at radius 1 is 1.38 bits per heavy atom. The molecule has 1 aromatic heterocycles. The summed E-state index contributed by atoms with van der Waals surface area (Å²) in [6.07, 6.45) is 8.42. The summed E-state index contributed by atoms with van der Waals surface area (Å²) in [6, 6.07) is 6.48. The Morgan fingerprint density at radius 3 is 2.95 bits per heavy atom. The quantitative estimate of drug-likeness (QED) is 0.759. The van der Waals surface area contributed by atoms with Crippen LogP contribution in [-0.2, 0) is 13.0 Å². The van der Waals surface area contributed by atoms with Gasteiger partial charge >= 0.3 is 0 Å². The number of nitrogens with two attached hydrogens (primary N) is 1. The van der Waals surface area contributed by atoms with Gasteiger partial charge in [-0.15, -0.1) is 0 Å². The standard InChI is InChI=1S/C17H25N3O/c1-3-16(18)12-15-7-4-6-14(2)17(15)21-11-5-9-20-10-8-19-13-20/h4,6-8,10,13,16H,3,5,9,11-12,18H2,1-2H3. The van der Waals surface area contributed by atoms with Crippen LogP contribution in [0.2, 0.25) is 0 Å². The Bertz CT molecular complexity index is 537. The lowest BCUT2D eigenvalue weighted by Gasteiger charge is -2.16. The molecule has 2 N–H and O–H groups in total. The number of ether oxygens (including phenoxy) is 1. The summed E-state index contributed by atoms with van der Waals surface area (Å²) in [5.41, 5.74) is 8.47. The van der Waals surface area contributed by atoms with E-state index in [1.807, 2.05) is 12.5 Å². The van der Waals surface area contributed by atoms with E-state index in [0.29, 0.717) is 6.61 Å². The van der Waals surface area contributed by atoms with Gasteiger partial charge in [0, 0.05) is 25.0 Å². The molecular formula is C17H25N3O. The zero-order valence-electron chi connectivity index (χ0n) is 13.0. The maximum absolute atomic E-state index is 6.08. The smallest absolute Gasteiger partial charge is 0.125 e. The first-order chi connectivity index (χ1) is 10.2. The van der Waals surface area contributed by atoms with Crippen LogP contribution in [0.15, 0.2) is 36.9 Å². The maximum atomic E-state index is 6.08. The molecule has 0 aliphatic carbocycles. The van der Waals surface area contributed by atoms with Crippen molar-refractivity contribution in [3.8, 4) is 5.75 Å². The molecule has 114 valence electrons. The maximum Gasteiger partial charge on any atom is 0.125 e. The van der Waals surface area contributed by atoms with Crippen LogP contribution in [0.4, 0.5) is 0 Å². The Hall–Kier alpha value is -1.81. The average molecular weight is 287 g/mol. The van der Waals surface area contributed by atoms with E-state index < -0.39 is 0 Å². The number of aromatic nitrogens is 2. The molecule has 0 aliphatic heterocycles. The molecule has 0 bridgehead atoms. The van der Waals surface area contributed by atoms with Gasteiger partial charge in [-0.3, -0.25) is 0 Å². The minimum absolute atomic E-state index is 0.195. The SMILES string of the molecule is CCC(N)Cc1cccc(C)c1OCCCn1ccnc1. The van der Waals surface area contributed by atoms with Crippen molar-refractivity contribution in [2.45, 2.75) is 45.7 Å². The molecule has 4 nitrogen and oxygen atoms in total. The largest absolute Gasteiger partial charge is 0.493 e. The summed E-state index contributed by atoms with van der Waals surface area (Å²) in [5, 5.41) is 0. The topological polar surface area (TPSA) is 53.1 Å². The highest BCUT2D eigenvalue weighted by Gasteiger charge is 2.10. The molecule has 1 heterocycles. The van der Waals surface area contributed by atoms with E-state index in [9.17, 15) is 0 Å². The van der Waals surface area contributed by atoms with Crippen molar-refractivity contribution in [2.75, 3.05) is 6.61 Å². The van der Waals surface area contributed by atoms with Crippen LogP contribution in [0.5, 0.6) is 5.75 Å². The van der Waals surface area contributed by atoms with Crippen LogP contribution in [0.25, 0.3) is 0 Å². The third-order valence-electron chi connectivity index (χ3n) is 3.67. The van der Waals surface area contributed by atoms with Crippen LogP contribution < -0.4 is 10.5 Å². The summed E-state index contributed by atoms with van der Waals surface area (Å²) < 4.78 is 8.09. The molecule has 0 radical (unpaired) electrons. The summed E-state index contributed by atoms with van der Waals surface area (Å²) >= 11 is 0. The first-order valence-electron chi connectivity index (χ1n) is 7.63. The van der Waals surface area contributed by atoms with Gasteiger partial charge in [0.1, 0.15) is 5.75 Å². The molecule has 2 aromatic rings. The summed E-state index contributed by atoms with van der Waals surface area (Å²) in [4.78, 5) is 4.04. The van der Waals surface area contributed by atoms with Crippen LogP contribution >= 0.6 is 0 Å². The fraction of sp³-hybridized carbons (Fsp3) is 0.471. The van der Waals surface area contributed by atoms with Gasteiger partial charge in [0.05, 0.1) is 12.9 Å². The third-order valence-corrected chi connectivity index (χ3v) is 3.67. The van der Waals surface area contributed by atoms with Crippen molar-refractivity contribution < 1.29 is 4.74 Å². The third kappa shape index (κ3) is 4.60. The fourth-order valence-corrected chi connectivity index (χ4v) is 2.35. The lowest BCUT2D eigenvalue weighted by Crippen LogP contribution is -2.22. The van der Waals surface area contributed by atoms with Crippen molar-refractivity contribution in [1.82, 2.24) is 9.55 Å². The van der Waals surface area contributed by atoms with E-state index in [4.69, 9.17) is 10.5 Å². The highest BCUT2D eigenvalue weighted by Crippen LogP contribution is 2.25. The van der Waals surface area contributed by atoms with E-state index in [-0.39, 0.29) is 6.04 Å². The van der Waals surface area contributed by atoms with Gasteiger partial charge in [-0.05, 0) is 37.3 Å². The average Bonchev–Trinajstić information content (AvgIpc) is 2.99. The highest BCUT2D eigenvalue weighted by molar-refractivity contribution is 5.41. The normalized spacial score (nSPS) is 12.3. The first-order valence-corrected chi connectivity index (χ1v) is 7.63. The molecule has 2 rings (SSSR count). The fourth-order valence-electron chi connectivity index (χ4n) is 2.35. The van der Waals surface area contributed by atoms with Gasteiger partial charge in [-0.2, -0.15) is 0 Å². The molecule has 0 fully saturated rings. The predicted molar refractivity (Wildman–Crippen MR) is 85.5 cm³/mol. The number of hydrogen-bond acceptors (Lipinski definition) is 3. The number of imidazole rings is 1. The minimum atomic E-state index is 0.195. The molecular weight excluding hydrogens is 262 g/mol. The zero-order valence-corrected chi connectivity index (χ0v) is 13.0. The molecule has 0 amide bonds. The molecule has 0 aliphatic rings. The Morgan fingerprint density at radius 2 is 2.24 bits per heavy atom. The second-order valence-electron chi connectivity index (χ2n) is 5.44. The van der Waals surface area contributed by atoms with Gasteiger partial charge in [0.2, 0.25) is 0 Å². The van der Waals surface area contributed by atoms with Crippen molar-refractivity contribution in [1.29, 1.82) is 0 Å². The zero-order chi connectivity index (χ0) is 15.1. The summed E-state index contributed by atoms with van der Waals surface area (Å²) in [6.45, 7) is 5.84. The molecule has 1 unspecified atom stereocenters. The van der Waals surface area contributed by atoms with Crippen molar-refractivity contribution in [3.05, 3.63) is 48.0 Å². The number of nitrogens with zero attached hydrogens (tertiary/aromatic N) is 2. The predicted octanol–water partition coefficient (Wildman–Crippen LogP) is 2.94. The molecule has 1 aromatic carbocycles. The monoisotopic (exact) mass is 287 g/mol. The van der Waals surface area contributed by atoms with Gasteiger partial charge < -0.3 is 15.0 Å². The summed E-state index contributed by atoms with van der Waals surface area (Å²) in [5.74, 6) is 1.01. The minimum Gasteiger partial charge on any atom is -0.493 e. The molecule has 21 heavy (non-hydrogen) atoms. The number of aryl methyl sites for hydroxylation is 2. The number of hydrogen-bond donors (Lipinski definition) is 1. The highest BCUT2D eigenvalue weighted by atomic mass is 16.5. The van der Waals surface area contributed by atoms with Gasteiger partial charge in [0.15, 0.2) is 0 Å². The van der Waals surface area contributed by atoms with E-state index in [1.54, 1.807) is 6.20 Å². The van der Waals surface area contributed by atoms with Gasteiger partial charge in [0.25, 0.3) is 0 Å². The van der Waals surface area contributed by atoms with Crippen LogP contribution in [0.3, 0.4) is 0 Å². The van der Waals surface area contributed by atoms with Gasteiger partial charge in [-0.25, -0.2) is 4.98 Å². The molecule has 0 saturated heterocycles. The van der Waals surface area contributed by atoms with E-state index >= 15 is 0 Å².